The molecule has 120 valence electrons. The maximum absolute atomic E-state index is 12.2. The average molecular weight is 302 g/mol. The van der Waals surface area contributed by atoms with E-state index in [1.54, 1.807) is 0 Å². The molecule has 4 heteroatoms. The van der Waals surface area contributed by atoms with Crippen LogP contribution in [0.3, 0.4) is 0 Å². The summed E-state index contributed by atoms with van der Waals surface area (Å²) < 4.78 is 0. The number of carbonyl (C=O) groups excluding carboxylic acids is 1. The summed E-state index contributed by atoms with van der Waals surface area (Å²) in [7, 11) is 0. The fourth-order valence-electron chi connectivity index (χ4n) is 3.29. The molecule has 1 aromatic rings. The lowest BCUT2D eigenvalue weighted by Crippen LogP contribution is -2.47. The number of amides is 1. The van der Waals surface area contributed by atoms with Crippen molar-refractivity contribution < 1.29 is 9.90 Å². The van der Waals surface area contributed by atoms with E-state index in [1.807, 2.05) is 6.07 Å². The van der Waals surface area contributed by atoms with Crippen molar-refractivity contribution in [2.24, 2.45) is 5.92 Å². The van der Waals surface area contributed by atoms with Gasteiger partial charge in [-0.05, 0) is 37.3 Å². The van der Waals surface area contributed by atoms with Crippen LogP contribution in [0.5, 0.6) is 0 Å². The van der Waals surface area contributed by atoms with Gasteiger partial charge in [0.25, 0.3) is 0 Å². The Kier molecular flexibility index (Phi) is 4.50. The van der Waals surface area contributed by atoms with Crippen LogP contribution in [-0.4, -0.2) is 48.2 Å². The average Bonchev–Trinajstić information content (AvgIpc) is 3.31. The fourth-order valence-corrected chi connectivity index (χ4v) is 3.29. The Morgan fingerprint density at radius 2 is 2.09 bits per heavy atom. The summed E-state index contributed by atoms with van der Waals surface area (Å²) in [5.41, 5.74) is 1.49. The molecule has 1 saturated heterocycles. The normalized spacial score (nSPS) is 27.4. The summed E-state index contributed by atoms with van der Waals surface area (Å²) in [4.78, 5) is 14.2. The molecule has 0 bridgehead atoms. The number of likely N-dealkylation sites (tertiary alicyclic amines) is 1. The number of benzene rings is 1. The Hall–Kier alpha value is -1.39. The number of nitrogens with one attached hydrogen (secondary N) is 1. The smallest absolute Gasteiger partial charge is 0.234 e. The molecule has 2 N–H and O–H groups in total. The SMILES string of the molecule is CC1CCN(CC(=O)NCC2(c3ccccc3)CC2)CC1O. The lowest BCUT2D eigenvalue weighted by Gasteiger charge is -2.33. The first-order valence-corrected chi connectivity index (χ1v) is 8.32. The highest BCUT2D eigenvalue weighted by atomic mass is 16.3. The quantitative estimate of drug-likeness (QED) is 0.867. The number of β-amino-alcohol motifs (C(OH)–C–C–N with tert-alkyl or cyclic N) is 1. The van der Waals surface area contributed by atoms with E-state index in [0.29, 0.717) is 19.0 Å². The first-order chi connectivity index (χ1) is 10.6. The molecule has 4 nitrogen and oxygen atoms in total. The molecular formula is C18H26N2O2. The molecule has 1 aliphatic carbocycles. The topological polar surface area (TPSA) is 52.6 Å². The summed E-state index contributed by atoms with van der Waals surface area (Å²) in [6.07, 6.45) is 2.96. The van der Waals surface area contributed by atoms with Crippen LogP contribution in [0.4, 0.5) is 0 Å². The summed E-state index contributed by atoms with van der Waals surface area (Å²) in [5, 5.41) is 13.0. The summed E-state index contributed by atoms with van der Waals surface area (Å²) in [6, 6.07) is 10.5. The third-order valence-electron chi connectivity index (χ3n) is 5.23. The van der Waals surface area contributed by atoms with Crippen LogP contribution in [-0.2, 0) is 10.2 Å². The standard InChI is InChI=1S/C18H26N2O2/c1-14-7-10-20(11-16(14)21)12-17(22)19-13-18(8-9-18)15-5-3-2-4-6-15/h2-6,14,16,21H,7-13H2,1H3,(H,19,22). The van der Waals surface area contributed by atoms with Gasteiger partial charge >= 0.3 is 0 Å². The number of hydrogen-bond acceptors (Lipinski definition) is 3. The van der Waals surface area contributed by atoms with Gasteiger partial charge in [0, 0.05) is 18.5 Å². The third kappa shape index (κ3) is 3.50. The monoisotopic (exact) mass is 302 g/mol. The lowest BCUT2D eigenvalue weighted by atomic mass is 9.95. The zero-order chi connectivity index (χ0) is 15.6. The van der Waals surface area contributed by atoms with Gasteiger partial charge in [-0.3, -0.25) is 9.69 Å². The van der Waals surface area contributed by atoms with Crippen molar-refractivity contribution in [3.05, 3.63) is 35.9 Å². The molecule has 3 rings (SSSR count). The van der Waals surface area contributed by atoms with Gasteiger partial charge in [0.15, 0.2) is 0 Å². The molecule has 22 heavy (non-hydrogen) atoms. The molecule has 1 heterocycles. The Morgan fingerprint density at radius 3 is 2.73 bits per heavy atom. The summed E-state index contributed by atoms with van der Waals surface area (Å²) in [6.45, 7) is 4.70. The van der Waals surface area contributed by atoms with Crippen molar-refractivity contribution in [3.8, 4) is 0 Å². The maximum atomic E-state index is 12.2. The second kappa shape index (κ2) is 6.39. The van der Waals surface area contributed by atoms with Gasteiger partial charge in [-0.25, -0.2) is 0 Å². The first kappa shape index (κ1) is 15.5. The number of piperidine rings is 1. The Bertz CT molecular complexity index is 513. The van der Waals surface area contributed by atoms with Gasteiger partial charge in [-0.15, -0.1) is 0 Å². The molecule has 2 aliphatic rings. The van der Waals surface area contributed by atoms with E-state index in [0.717, 1.165) is 32.4 Å². The maximum Gasteiger partial charge on any atom is 0.234 e. The molecule has 1 amide bonds. The van der Waals surface area contributed by atoms with Gasteiger partial charge in [0.05, 0.1) is 12.6 Å². The molecule has 1 saturated carbocycles. The van der Waals surface area contributed by atoms with Crippen LogP contribution >= 0.6 is 0 Å². The molecular weight excluding hydrogens is 276 g/mol. The molecule has 2 fully saturated rings. The summed E-state index contributed by atoms with van der Waals surface area (Å²) >= 11 is 0. The minimum Gasteiger partial charge on any atom is -0.392 e. The van der Waals surface area contributed by atoms with E-state index < -0.39 is 0 Å². The molecule has 0 aromatic heterocycles. The van der Waals surface area contributed by atoms with Crippen LogP contribution in [0, 0.1) is 5.92 Å². The number of hydrogen-bond donors (Lipinski definition) is 2. The zero-order valence-corrected chi connectivity index (χ0v) is 13.3. The Balaban J connectivity index is 1.47. The van der Waals surface area contributed by atoms with E-state index >= 15 is 0 Å². The van der Waals surface area contributed by atoms with Gasteiger partial charge in [-0.2, -0.15) is 0 Å². The second-order valence-electron chi connectivity index (χ2n) is 6.99. The van der Waals surface area contributed by atoms with Crippen LogP contribution < -0.4 is 5.32 Å². The van der Waals surface area contributed by atoms with Crippen molar-refractivity contribution in [2.75, 3.05) is 26.2 Å². The molecule has 2 unspecified atom stereocenters. The second-order valence-corrected chi connectivity index (χ2v) is 6.99. The number of carbonyl (C=O) groups is 1. The number of rotatable bonds is 5. The molecule has 0 radical (unpaired) electrons. The molecule has 0 spiro atoms. The van der Waals surface area contributed by atoms with Gasteiger partial charge in [0.2, 0.25) is 5.91 Å². The van der Waals surface area contributed by atoms with E-state index in [9.17, 15) is 9.90 Å². The Labute approximate surface area is 132 Å². The highest BCUT2D eigenvalue weighted by molar-refractivity contribution is 5.78. The predicted molar refractivity (Wildman–Crippen MR) is 86.6 cm³/mol. The predicted octanol–water partition coefficient (Wildman–Crippen LogP) is 1.54. The van der Waals surface area contributed by atoms with Crippen molar-refractivity contribution in [1.82, 2.24) is 10.2 Å². The Morgan fingerprint density at radius 1 is 1.36 bits per heavy atom. The van der Waals surface area contributed by atoms with Crippen molar-refractivity contribution in [3.63, 3.8) is 0 Å². The van der Waals surface area contributed by atoms with Crippen LogP contribution in [0.2, 0.25) is 0 Å². The van der Waals surface area contributed by atoms with Gasteiger partial charge in [-0.1, -0.05) is 37.3 Å². The zero-order valence-electron chi connectivity index (χ0n) is 13.3. The van der Waals surface area contributed by atoms with Crippen molar-refractivity contribution >= 4 is 5.91 Å². The van der Waals surface area contributed by atoms with E-state index in [-0.39, 0.29) is 17.4 Å². The highest BCUT2D eigenvalue weighted by Gasteiger charge is 2.44. The van der Waals surface area contributed by atoms with Crippen molar-refractivity contribution in [2.45, 2.75) is 37.7 Å². The molecule has 1 aromatic carbocycles. The minimum absolute atomic E-state index is 0.0731. The van der Waals surface area contributed by atoms with Crippen LogP contribution in [0.15, 0.2) is 30.3 Å². The number of nitrogens with zero attached hydrogens (tertiary/aromatic N) is 1. The third-order valence-corrected chi connectivity index (χ3v) is 5.23. The van der Waals surface area contributed by atoms with E-state index in [1.165, 1.54) is 5.56 Å². The van der Waals surface area contributed by atoms with Crippen LogP contribution in [0.25, 0.3) is 0 Å². The fraction of sp³-hybridized carbons (Fsp3) is 0.611. The van der Waals surface area contributed by atoms with Gasteiger partial charge < -0.3 is 10.4 Å². The summed E-state index contributed by atoms with van der Waals surface area (Å²) in [5.74, 6) is 0.413. The lowest BCUT2D eigenvalue weighted by molar-refractivity contribution is -0.123. The number of aliphatic hydroxyl groups is 1. The number of aliphatic hydroxyl groups excluding tert-OH is 1. The first-order valence-electron chi connectivity index (χ1n) is 8.32. The van der Waals surface area contributed by atoms with E-state index in [2.05, 4.69) is 41.4 Å². The van der Waals surface area contributed by atoms with Crippen molar-refractivity contribution in [1.29, 1.82) is 0 Å². The molecule has 1 aliphatic heterocycles. The van der Waals surface area contributed by atoms with E-state index in [4.69, 9.17) is 0 Å². The van der Waals surface area contributed by atoms with Crippen LogP contribution in [0.1, 0.15) is 31.7 Å². The van der Waals surface area contributed by atoms with Gasteiger partial charge in [0.1, 0.15) is 0 Å². The highest BCUT2D eigenvalue weighted by Crippen LogP contribution is 2.47. The molecule has 2 atom stereocenters. The minimum atomic E-state index is -0.305. The largest absolute Gasteiger partial charge is 0.392 e.